The van der Waals surface area contributed by atoms with Crippen molar-refractivity contribution in [3.63, 3.8) is 0 Å². The molecule has 0 saturated heterocycles. The second-order valence-electron chi connectivity index (χ2n) is 3.43. The molecule has 0 fully saturated rings. The lowest BCUT2D eigenvalue weighted by Crippen LogP contribution is -2.01. The minimum Gasteiger partial charge on any atom is -0.474 e. The van der Waals surface area contributed by atoms with Crippen LogP contribution in [-0.2, 0) is 9.53 Å². The van der Waals surface area contributed by atoms with Gasteiger partial charge in [0, 0.05) is 0 Å². The van der Waals surface area contributed by atoms with Crippen molar-refractivity contribution in [1.29, 1.82) is 0 Å². The van der Waals surface area contributed by atoms with Crippen molar-refractivity contribution < 1.29 is 9.53 Å². The Balaban J connectivity index is 2.95. The van der Waals surface area contributed by atoms with E-state index >= 15 is 0 Å². The van der Waals surface area contributed by atoms with Crippen LogP contribution in [0.2, 0.25) is 0 Å². The summed E-state index contributed by atoms with van der Waals surface area (Å²) in [7, 11) is 1.26. The molecule has 0 saturated carbocycles. The fourth-order valence-corrected chi connectivity index (χ4v) is 1.31. The van der Waals surface area contributed by atoms with Gasteiger partial charge in [-0.3, -0.25) is 4.79 Å². The van der Waals surface area contributed by atoms with Gasteiger partial charge in [0.1, 0.15) is 0 Å². The van der Waals surface area contributed by atoms with Gasteiger partial charge in [-0.05, 0) is 18.6 Å². The minimum atomic E-state index is -0.610. The molecule has 86 valence electrons. The molecular weight excluding hydrogens is 214 g/mol. The van der Waals surface area contributed by atoms with Crippen molar-refractivity contribution in [3.8, 4) is 0 Å². The van der Waals surface area contributed by atoms with Gasteiger partial charge in [0.2, 0.25) is 0 Å². The summed E-state index contributed by atoms with van der Waals surface area (Å²) >= 11 is 0. The molecule has 1 aromatic rings. The van der Waals surface area contributed by atoms with E-state index in [4.69, 9.17) is 6.57 Å². The van der Waals surface area contributed by atoms with Crippen molar-refractivity contribution >= 4 is 12.0 Å². The number of carbonyl (C=O) groups excluding carboxylic acids is 1. The lowest BCUT2D eigenvalue weighted by molar-refractivity contribution is -0.135. The minimum absolute atomic E-state index is 0.0165. The summed E-state index contributed by atoms with van der Waals surface area (Å²) in [6, 6.07) is 9.69. The molecule has 0 atom stereocenters. The lowest BCUT2D eigenvalue weighted by atomic mass is 10.1. The highest BCUT2D eigenvalue weighted by molar-refractivity contribution is 5.91. The number of nitrogens with zero attached hydrogens (tertiary/aromatic N) is 1. The topological polar surface area (TPSA) is 30.7 Å². The Morgan fingerprint density at radius 3 is 2.53 bits per heavy atom. The largest absolute Gasteiger partial charge is 0.474 e. The number of hydrogen-bond donors (Lipinski definition) is 0. The van der Waals surface area contributed by atoms with E-state index in [0.29, 0.717) is 0 Å². The van der Waals surface area contributed by atoms with Gasteiger partial charge in [-0.1, -0.05) is 42.0 Å². The quantitative estimate of drug-likeness (QED) is 0.344. The number of rotatable bonds is 3. The van der Waals surface area contributed by atoms with Crippen LogP contribution in [0.25, 0.3) is 10.9 Å². The fourth-order valence-electron chi connectivity index (χ4n) is 1.31. The van der Waals surface area contributed by atoms with Crippen LogP contribution in [0.5, 0.6) is 0 Å². The molecule has 0 amide bonds. The molecule has 0 bridgehead atoms. The Morgan fingerprint density at radius 1 is 1.35 bits per heavy atom. The van der Waals surface area contributed by atoms with Gasteiger partial charge >= 0.3 is 5.97 Å². The Bertz CT molecular complexity index is 493. The summed E-state index contributed by atoms with van der Waals surface area (Å²) in [6.07, 6.45) is 3.42. The highest BCUT2D eigenvalue weighted by Crippen LogP contribution is 2.10. The summed E-state index contributed by atoms with van der Waals surface area (Å²) in [5.41, 5.74) is 1.83. The average Bonchev–Trinajstić information content (AvgIpc) is 2.36. The van der Waals surface area contributed by atoms with E-state index in [1.807, 2.05) is 43.3 Å². The SMILES string of the molecule is [C-]#[N+]/C(=C\C(C)=C\c1ccccc1)C(=O)OC. The number of ether oxygens (including phenoxy) is 1. The number of benzene rings is 1. The van der Waals surface area contributed by atoms with Crippen LogP contribution in [0.3, 0.4) is 0 Å². The van der Waals surface area contributed by atoms with Crippen LogP contribution in [-0.4, -0.2) is 13.1 Å². The van der Waals surface area contributed by atoms with Gasteiger partial charge < -0.3 is 4.74 Å². The van der Waals surface area contributed by atoms with Gasteiger partial charge in [0.25, 0.3) is 5.70 Å². The second-order valence-corrected chi connectivity index (χ2v) is 3.43. The molecule has 1 aromatic carbocycles. The summed E-state index contributed by atoms with van der Waals surface area (Å²) in [4.78, 5) is 14.3. The Morgan fingerprint density at radius 2 is 2.00 bits per heavy atom. The molecule has 17 heavy (non-hydrogen) atoms. The smallest absolute Gasteiger partial charge is 0.335 e. The predicted octanol–water partition coefficient (Wildman–Crippen LogP) is 3.07. The lowest BCUT2D eigenvalue weighted by Gasteiger charge is -1.98. The van der Waals surface area contributed by atoms with Crippen molar-refractivity contribution in [3.05, 3.63) is 64.7 Å². The number of carbonyl (C=O) groups is 1. The first-order valence-corrected chi connectivity index (χ1v) is 5.08. The fraction of sp³-hybridized carbons (Fsp3) is 0.143. The van der Waals surface area contributed by atoms with Crippen molar-refractivity contribution in [2.24, 2.45) is 0 Å². The molecule has 0 radical (unpaired) electrons. The van der Waals surface area contributed by atoms with Crippen LogP contribution in [0.4, 0.5) is 0 Å². The molecular formula is C14H13NO2. The predicted molar refractivity (Wildman–Crippen MR) is 66.8 cm³/mol. The average molecular weight is 227 g/mol. The Kier molecular flexibility index (Phi) is 4.71. The molecule has 3 nitrogen and oxygen atoms in total. The molecule has 0 N–H and O–H groups in total. The van der Waals surface area contributed by atoms with Crippen LogP contribution in [0.15, 0.2) is 47.7 Å². The number of allylic oxidation sites excluding steroid dienone is 2. The van der Waals surface area contributed by atoms with E-state index in [9.17, 15) is 4.79 Å². The van der Waals surface area contributed by atoms with Crippen molar-refractivity contribution in [2.45, 2.75) is 6.92 Å². The first kappa shape index (κ1) is 12.7. The monoisotopic (exact) mass is 227 g/mol. The molecule has 3 heteroatoms. The van der Waals surface area contributed by atoms with Gasteiger partial charge in [0.15, 0.2) is 0 Å². The molecule has 0 spiro atoms. The standard InChI is InChI=1S/C14H13NO2/c1-11(9-12-7-5-4-6-8-12)10-13(15-2)14(16)17-3/h4-10H,1,3H3/b11-9+,13-10-. The van der Waals surface area contributed by atoms with E-state index in [1.54, 1.807) is 0 Å². The highest BCUT2D eigenvalue weighted by atomic mass is 16.5. The molecule has 0 heterocycles. The van der Waals surface area contributed by atoms with E-state index in [-0.39, 0.29) is 5.70 Å². The summed E-state index contributed by atoms with van der Waals surface area (Å²) in [6.45, 7) is 8.73. The van der Waals surface area contributed by atoms with Gasteiger partial charge in [-0.25, -0.2) is 4.85 Å². The second kappa shape index (κ2) is 6.29. The number of esters is 1. The van der Waals surface area contributed by atoms with Crippen LogP contribution < -0.4 is 0 Å². The maximum atomic E-state index is 11.2. The summed E-state index contributed by atoms with van der Waals surface area (Å²) in [5.74, 6) is -0.610. The van der Waals surface area contributed by atoms with Crippen LogP contribution in [0, 0.1) is 6.57 Å². The highest BCUT2D eigenvalue weighted by Gasteiger charge is 2.08. The first-order valence-electron chi connectivity index (χ1n) is 5.08. The summed E-state index contributed by atoms with van der Waals surface area (Å²) < 4.78 is 4.51. The van der Waals surface area contributed by atoms with Gasteiger partial charge in [0.05, 0.1) is 13.7 Å². The molecule has 0 aromatic heterocycles. The molecule has 1 rings (SSSR count). The third kappa shape index (κ3) is 3.96. The third-order valence-electron chi connectivity index (χ3n) is 2.07. The van der Waals surface area contributed by atoms with Gasteiger partial charge in [-0.2, -0.15) is 0 Å². The first-order chi connectivity index (χ1) is 8.17. The van der Waals surface area contributed by atoms with E-state index in [0.717, 1.165) is 11.1 Å². The molecule has 0 unspecified atom stereocenters. The molecule has 0 aliphatic rings. The Hall–Kier alpha value is -2.34. The Labute approximate surface area is 101 Å². The van der Waals surface area contributed by atoms with Crippen LogP contribution in [0.1, 0.15) is 12.5 Å². The summed E-state index contributed by atoms with van der Waals surface area (Å²) in [5, 5.41) is 0. The number of methoxy groups -OCH3 is 1. The number of hydrogen-bond acceptors (Lipinski definition) is 2. The van der Waals surface area contributed by atoms with Crippen molar-refractivity contribution in [2.75, 3.05) is 7.11 Å². The third-order valence-corrected chi connectivity index (χ3v) is 2.07. The normalized spacial score (nSPS) is 11.8. The maximum absolute atomic E-state index is 11.2. The molecule has 0 aliphatic carbocycles. The zero-order valence-electron chi connectivity index (χ0n) is 9.81. The van der Waals surface area contributed by atoms with Gasteiger partial charge in [-0.15, -0.1) is 0 Å². The zero-order valence-corrected chi connectivity index (χ0v) is 9.81. The molecule has 0 aliphatic heterocycles. The van der Waals surface area contributed by atoms with E-state index < -0.39 is 5.97 Å². The zero-order chi connectivity index (χ0) is 12.7. The van der Waals surface area contributed by atoms with Crippen LogP contribution >= 0.6 is 0 Å². The van der Waals surface area contributed by atoms with E-state index in [1.165, 1.54) is 13.2 Å². The van der Waals surface area contributed by atoms with E-state index in [2.05, 4.69) is 9.58 Å². The maximum Gasteiger partial charge on any atom is 0.335 e. The van der Waals surface area contributed by atoms with Crippen molar-refractivity contribution in [1.82, 2.24) is 0 Å².